The Morgan fingerprint density at radius 2 is 2.09 bits per heavy atom. The van der Waals surface area contributed by atoms with Crippen LogP contribution in [0.5, 0.6) is 0 Å². The predicted octanol–water partition coefficient (Wildman–Crippen LogP) is 2.68. The first-order valence-electron chi connectivity index (χ1n) is 4.57. The number of rotatable bonds is 6. The highest BCUT2D eigenvalue weighted by Crippen LogP contribution is 2.00. The van der Waals surface area contributed by atoms with Gasteiger partial charge < -0.3 is 4.90 Å². The van der Waals surface area contributed by atoms with E-state index in [0.717, 1.165) is 13.0 Å². The molecular formula is C10H21N. The van der Waals surface area contributed by atoms with Crippen LogP contribution in [-0.4, -0.2) is 24.0 Å². The van der Waals surface area contributed by atoms with Gasteiger partial charge in [0.15, 0.2) is 0 Å². The minimum Gasteiger partial charge on any atom is -0.301 e. The molecule has 0 aliphatic heterocycles. The smallest absolute Gasteiger partial charge is 0.00384 e. The van der Waals surface area contributed by atoms with Crippen molar-refractivity contribution in [2.45, 2.75) is 39.7 Å². The molecule has 0 aromatic carbocycles. The van der Waals surface area contributed by atoms with Crippen molar-refractivity contribution in [1.29, 1.82) is 0 Å². The van der Waals surface area contributed by atoms with Crippen molar-refractivity contribution in [2.75, 3.05) is 13.1 Å². The van der Waals surface area contributed by atoms with E-state index in [1.807, 2.05) is 6.08 Å². The van der Waals surface area contributed by atoms with Gasteiger partial charge in [0.2, 0.25) is 0 Å². The van der Waals surface area contributed by atoms with Crippen LogP contribution in [0.2, 0.25) is 0 Å². The second kappa shape index (κ2) is 6.41. The summed E-state index contributed by atoms with van der Waals surface area (Å²) >= 11 is 0. The monoisotopic (exact) mass is 155 g/mol. The Morgan fingerprint density at radius 3 is 2.45 bits per heavy atom. The van der Waals surface area contributed by atoms with Crippen LogP contribution in [0, 0.1) is 0 Å². The van der Waals surface area contributed by atoms with Gasteiger partial charge in [-0.3, -0.25) is 0 Å². The average molecular weight is 155 g/mol. The molecule has 1 heteroatoms. The lowest BCUT2D eigenvalue weighted by molar-refractivity contribution is 0.231. The summed E-state index contributed by atoms with van der Waals surface area (Å²) in [5.41, 5.74) is 0. The van der Waals surface area contributed by atoms with Crippen molar-refractivity contribution < 1.29 is 0 Å². The molecule has 0 aromatic rings. The molecule has 0 radical (unpaired) electrons. The van der Waals surface area contributed by atoms with Gasteiger partial charge in [-0.15, -0.1) is 6.58 Å². The van der Waals surface area contributed by atoms with Gasteiger partial charge in [0.25, 0.3) is 0 Å². The summed E-state index contributed by atoms with van der Waals surface area (Å²) < 4.78 is 0. The fourth-order valence-electron chi connectivity index (χ4n) is 1.22. The summed E-state index contributed by atoms with van der Waals surface area (Å²) in [6.07, 6.45) is 4.38. The van der Waals surface area contributed by atoms with E-state index in [4.69, 9.17) is 0 Å². The predicted molar refractivity (Wildman–Crippen MR) is 51.8 cm³/mol. The van der Waals surface area contributed by atoms with Gasteiger partial charge in [0.1, 0.15) is 0 Å². The van der Waals surface area contributed by atoms with Crippen molar-refractivity contribution in [1.82, 2.24) is 4.90 Å². The Labute approximate surface area is 71.1 Å². The summed E-state index contributed by atoms with van der Waals surface area (Å²) in [7, 11) is 0. The molecule has 0 rings (SSSR count). The van der Waals surface area contributed by atoms with E-state index < -0.39 is 0 Å². The Bertz CT molecular complexity index is 97.0. The average Bonchev–Trinajstić information content (AvgIpc) is 1.97. The molecule has 0 heterocycles. The molecule has 0 aromatic heterocycles. The minimum absolute atomic E-state index is 0.685. The van der Waals surface area contributed by atoms with Crippen LogP contribution in [0.15, 0.2) is 12.7 Å². The molecule has 66 valence electrons. The normalized spacial score (nSPS) is 11.0. The van der Waals surface area contributed by atoms with Gasteiger partial charge in [0.05, 0.1) is 0 Å². The third-order valence-corrected chi connectivity index (χ3v) is 1.99. The largest absolute Gasteiger partial charge is 0.301 e. The van der Waals surface area contributed by atoms with E-state index in [0.29, 0.717) is 6.04 Å². The van der Waals surface area contributed by atoms with Crippen molar-refractivity contribution in [2.24, 2.45) is 0 Å². The van der Waals surface area contributed by atoms with Crippen LogP contribution >= 0.6 is 0 Å². The van der Waals surface area contributed by atoms with Gasteiger partial charge in [-0.1, -0.05) is 13.0 Å². The molecule has 0 N–H and O–H groups in total. The first kappa shape index (κ1) is 10.7. The second-order valence-electron chi connectivity index (χ2n) is 3.15. The summed E-state index contributed by atoms with van der Waals surface area (Å²) in [4.78, 5) is 2.48. The zero-order valence-corrected chi connectivity index (χ0v) is 8.14. The number of hydrogen-bond acceptors (Lipinski definition) is 1. The second-order valence-corrected chi connectivity index (χ2v) is 3.15. The molecule has 0 saturated heterocycles. The Kier molecular flexibility index (Phi) is 6.24. The molecule has 0 amide bonds. The third kappa shape index (κ3) is 5.02. The molecule has 0 aliphatic carbocycles. The van der Waals surface area contributed by atoms with E-state index in [-0.39, 0.29) is 0 Å². The standard InChI is InChI=1S/C10H21N/c1-5-7-8-9-11(6-2)10(3)4/h5,10H,1,6-9H2,2-4H3. The van der Waals surface area contributed by atoms with Gasteiger partial charge in [-0.25, -0.2) is 0 Å². The van der Waals surface area contributed by atoms with Crippen LogP contribution in [0.1, 0.15) is 33.6 Å². The highest BCUT2D eigenvalue weighted by atomic mass is 15.1. The maximum atomic E-state index is 3.71. The summed E-state index contributed by atoms with van der Waals surface area (Å²) in [5.74, 6) is 0. The van der Waals surface area contributed by atoms with Crippen molar-refractivity contribution >= 4 is 0 Å². The summed E-state index contributed by atoms with van der Waals surface area (Å²) in [6.45, 7) is 12.8. The molecule has 0 saturated carbocycles. The number of allylic oxidation sites excluding steroid dienone is 1. The van der Waals surface area contributed by atoms with Crippen molar-refractivity contribution in [3.8, 4) is 0 Å². The molecule has 0 atom stereocenters. The molecule has 0 aliphatic rings. The third-order valence-electron chi connectivity index (χ3n) is 1.99. The zero-order valence-electron chi connectivity index (χ0n) is 8.14. The fraction of sp³-hybridized carbons (Fsp3) is 0.800. The summed E-state index contributed by atoms with van der Waals surface area (Å²) in [5, 5.41) is 0. The first-order valence-corrected chi connectivity index (χ1v) is 4.57. The molecule has 11 heavy (non-hydrogen) atoms. The van der Waals surface area contributed by atoms with E-state index in [1.54, 1.807) is 0 Å². The lowest BCUT2D eigenvalue weighted by Crippen LogP contribution is -2.31. The molecule has 0 fully saturated rings. The van der Waals surface area contributed by atoms with Crippen LogP contribution in [0.3, 0.4) is 0 Å². The van der Waals surface area contributed by atoms with Gasteiger partial charge in [-0.2, -0.15) is 0 Å². The highest BCUT2D eigenvalue weighted by Gasteiger charge is 2.04. The van der Waals surface area contributed by atoms with E-state index in [1.165, 1.54) is 13.0 Å². The Hall–Kier alpha value is -0.300. The van der Waals surface area contributed by atoms with Gasteiger partial charge >= 0.3 is 0 Å². The van der Waals surface area contributed by atoms with Gasteiger partial charge in [-0.05, 0) is 39.8 Å². The number of nitrogens with zero attached hydrogens (tertiary/aromatic N) is 1. The van der Waals surface area contributed by atoms with E-state index >= 15 is 0 Å². The van der Waals surface area contributed by atoms with Crippen molar-refractivity contribution in [3.63, 3.8) is 0 Å². The van der Waals surface area contributed by atoms with Crippen LogP contribution in [0.25, 0.3) is 0 Å². The Morgan fingerprint density at radius 1 is 1.45 bits per heavy atom. The van der Waals surface area contributed by atoms with E-state index in [9.17, 15) is 0 Å². The van der Waals surface area contributed by atoms with E-state index in [2.05, 4.69) is 32.3 Å². The maximum absolute atomic E-state index is 3.71. The van der Waals surface area contributed by atoms with Crippen molar-refractivity contribution in [3.05, 3.63) is 12.7 Å². The van der Waals surface area contributed by atoms with Crippen LogP contribution in [0.4, 0.5) is 0 Å². The first-order chi connectivity index (χ1) is 5.22. The Balaban J connectivity index is 3.43. The number of hydrogen-bond donors (Lipinski definition) is 0. The molecular weight excluding hydrogens is 134 g/mol. The SMILES string of the molecule is C=CCCCN(CC)C(C)C. The lowest BCUT2D eigenvalue weighted by Gasteiger charge is -2.24. The highest BCUT2D eigenvalue weighted by molar-refractivity contribution is 4.68. The fourth-order valence-corrected chi connectivity index (χ4v) is 1.22. The van der Waals surface area contributed by atoms with Crippen LogP contribution in [-0.2, 0) is 0 Å². The zero-order chi connectivity index (χ0) is 8.69. The lowest BCUT2D eigenvalue weighted by atomic mass is 10.2. The van der Waals surface area contributed by atoms with Crippen LogP contribution < -0.4 is 0 Å². The summed E-state index contributed by atoms with van der Waals surface area (Å²) in [6, 6.07) is 0.685. The number of unbranched alkanes of at least 4 members (excludes halogenated alkanes) is 1. The molecule has 0 bridgehead atoms. The molecule has 0 unspecified atom stereocenters. The quantitative estimate of drug-likeness (QED) is 0.421. The molecule has 1 nitrogen and oxygen atoms in total. The minimum atomic E-state index is 0.685. The van der Waals surface area contributed by atoms with Gasteiger partial charge in [0, 0.05) is 6.04 Å². The molecule has 0 spiro atoms. The topological polar surface area (TPSA) is 3.24 Å². The maximum Gasteiger partial charge on any atom is 0.00384 e.